The number of nitriles is 2. The van der Waals surface area contributed by atoms with Gasteiger partial charge < -0.3 is 0 Å². The molecule has 0 amide bonds. The minimum absolute atomic E-state index is 0.0174. The highest BCUT2D eigenvalue weighted by atomic mass is 32.1. The summed E-state index contributed by atoms with van der Waals surface area (Å²) >= 11 is 9.47. The molecule has 0 spiro atoms. The smallest absolute Gasteiger partial charge is 0.270 e. The molecule has 0 radical (unpaired) electrons. The van der Waals surface area contributed by atoms with Gasteiger partial charge in [0.05, 0.1) is 36.1 Å². The van der Waals surface area contributed by atoms with Crippen LogP contribution in [0.1, 0.15) is 239 Å². The van der Waals surface area contributed by atoms with Gasteiger partial charge in [-0.15, -0.1) is 68.0 Å². The van der Waals surface area contributed by atoms with E-state index in [0.717, 1.165) is 139 Å². The molecule has 118 heavy (non-hydrogen) atoms. The predicted molar refractivity (Wildman–Crippen MR) is 480 cm³/mol. The zero-order valence-electron chi connectivity index (χ0n) is 66.0. The maximum Gasteiger partial charge on any atom is 0.270 e. The number of hydrogen-bond acceptors (Lipinski definition) is 10. The second kappa shape index (κ2) is 33.6. The van der Waals surface area contributed by atoms with Crippen LogP contribution in [0.3, 0.4) is 0 Å². The Hall–Kier alpha value is -10.8. The van der Waals surface area contributed by atoms with Crippen molar-refractivity contribution in [2.45, 2.75) is 167 Å². The van der Waals surface area contributed by atoms with Gasteiger partial charge in [0, 0.05) is 89.9 Å². The van der Waals surface area contributed by atoms with E-state index in [-0.39, 0.29) is 55.9 Å². The van der Waals surface area contributed by atoms with E-state index in [2.05, 4.69) is 183 Å². The third-order valence-corrected chi connectivity index (χ3v) is 30.9. The first-order valence-corrected chi connectivity index (χ1v) is 46.0. The van der Waals surface area contributed by atoms with Crippen LogP contribution in [0.2, 0.25) is 0 Å². The van der Waals surface area contributed by atoms with Crippen LogP contribution < -0.4 is 18.1 Å². The summed E-state index contributed by atoms with van der Waals surface area (Å²) in [5.74, 6) is -5.83. The van der Waals surface area contributed by atoms with E-state index in [0.29, 0.717) is 9.06 Å². The van der Waals surface area contributed by atoms with Gasteiger partial charge in [-0.1, -0.05) is 202 Å². The number of unbranched alkanes of at least 4 members (excludes halogenated alkanes) is 12. The first-order valence-electron chi connectivity index (χ1n) is 41.1. The van der Waals surface area contributed by atoms with E-state index >= 15 is 0 Å². The second-order valence-electron chi connectivity index (χ2n) is 31.4. The molecule has 17 rings (SSSR count). The molecular formula is C102H82F4N4O2S6. The summed E-state index contributed by atoms with van der Waals surface area (Å²) in [6.45, 7) is 24.8. The normalized spacial score (nSPS) is 16.1. The van der Waals surface area contributed by atoms with E-state index in [1.54, 1.807) is 45.3 Å². The Bertz CT molecular complexity index is 6140. The highest BCUT2D eigenvalue weighted by molar-refractivity contribution is 7.27. The number of carbonyl (C=O) groups excluding carboxylic acids is 2. The maximum absolute atomic E-state index is 15.0. The average molecular weight is 1660 g/mol. The Labute approximate surface area is 709 Å². The van der Waals surface area contributed by atoms with Gasteiger partial charge in [0.2, 0.25) is 0 Å². The van der Waals surface area contributed by atoms with Crippen LogP contribution in [0.15, 0.2) is 181 Å². The number of hydrogen-bond donors (Lipinski definition) is 0. The number of thiophene rings is 6. The number of allylic oxidation sites excluding steroid dienone is 4. The van der Waals surface area contributed by atoms with Crippen LogP contribution in [0, 0.1) is 59.1 Å². The molecule has 4 aliphatic carbocycles. The molecule has 0 N–H and O–H groups in total. The van der Waals surface area contributed by atoms with E-state index in [9.17, 15) is 37.7 Å². The highest BCUT2D eigenvalue weighted by Crippen LogP contribution is 2.65. The summed E-state index contributed by atoms with van der Waals surface area (Å²) in [5.41, 5.74) is 14.8. The second-order valence-corrected chi connectivity index (χ2v) is 38.0. The first kappa shape index (κ1) is 79.7. The molecule has 6 aromatic heterocycles. The number of carbonyl (C=O) groups is 2. The Balaban J connectivity index is 0.888. The lowest BCUT2D eigenvalue weighted by molar-refractivity contribution is 0.105. The molecule has 586 valence electrons. The molecule has 6 heterocycles. The fourth-order valence-electron chi connectivity index (χ4n) is 18.4. The monoisotopic (exact) mass is 1660 g/mol. The molecule has 0 unspecified atom stereocenters. The molecule has 7 aromatic carbocycles. The van der Waals surface area contributed by atoms with Gasteiger partial charge in [-0.05, 0) is 225 Å². The van der Waals surface area contributed by atoms with Gasteiger partial charge in [0.25, 0.3) is 11.4 Å². The predicted octanol–water partition coefficient (Wildman–Crippen LogP) is 26.2. The number of fused-ring (bicyclic) bond motifs is 10. The number of rotatable bonds is 26. The SMILES string of the molecule is [C-]#[N+]C(C#N)=C1/C(=c2/cc3s/c(=C/c4cc5c(s4)-c4cc6c(cc4C5(c4ccc(CCCCCC)cc4)c4ccc(CCCCCC)cc4)-c4sc(/C=c5\cc7s/c(=C8/C(=O)c9cc(F)c(F)cc9/C8=C(/C#N)[N+]#[C-])cc7s5)cc4C6(c4ccc(CCCCCC)cc4)c4ccc(CCCCCC)cc4)cc3s2)C(=O)c2cc(F)c(F)cc21. The van der Waals surface area contributed by atoms with Crippen LogP contribution in [-0.2, 0) is 36.5 Å². The summed E-state index contributed by atoms with van der Waals surface area (Å²) in [5, 5.41) is 20.4. The van der Waals surface area contributed by atoms with Crippen LogP contribution in [-0.4, -0.2) is 11.6 Å². The molecule has 0 aliphatic heterocycles. The van der Waals surface area contributed by atoms with Crippen molar-refractivity contribution in [3.63, 3.8) is 0 Å². The van der Waals surface area contributed by atoms with Crippen molar-refractivity contribution in [3.05, 3.63) is 344 Å². The average Bonchev–Trinajstić information content (AvgIpc) is 1.50. The molecule has 16 heteroatoms. The summed E-state index contributed by atoms with van der Waals surface area (Å²) in [4.78, 5) is 40.0. The number of Topliss-reactive ketones (excluding diaryl/α,β-unsaturated/α-hetero) is 2. The zero-order valence-corrected chi connectivity index (χ0v) is 70.9. The molecule has 13 aromatic rings. The van der Waals surface area contributed by atoms with Gasteiger partial charge in [-0.2, -0.15) is 0 Å². The van der Waals surface area contributed by atoms with Gasteiger partial charge in [0.15, 0.2) is 34.8 Å². The minimum atomic E-state index is -1.18. The van der Waals surface area contributed by atoms with Gasteiger partial charge in [-0.3, -0.25) is 9.59 Å². The molecule has 0 fully saturated rings. The molecule has 0 saturated heterocycles. The van der Waals surface area contributed by atoms with Gasteiger partial charge in [-0.25, -0.2) is 37.8 Å². The van der Waals surface area contributed by atoms with Gasteiger partial charge in [0.1, 0.15) is 0 Å². The van der Waals surface area contributed by atoms with Crippen molar-refractivity contribution in [2.75, 3.05) is 0 Å². The number of ketones is 2. The lowest BCUT2D eigenvalue weighted by Crippen LogP contribution is -2.30. The molecule has 4 aliphatic rings. The summed E-state index contributed by atoms with van der Waals surface area (Å²) in [7, 11) is 0. The molecule has 0 saturated carbocycles. The number of benzene rings is 7. The third kappa shape index (κ3) is 14.1. The third-order valence-electron chi connectivity index (χ3n) is 24.1. The fraction of sp³-hybridized carbons (Fsp3) is 0.255. The molecule has 6 nitrogen and oxygen atoms in total. The van der Waals surface area contributed by atoms with Crippen molar-refractivity contribution in [3.8, 4) is 33.0 Å². The standard InChI is InChI=1S/C102H82F4N4O2S6/c1-7-11-15-19-23-59-27-35-63(36-28-59)101(64-37-29-60(30-38-64)24-20-16-12-8-2)77-49-76-78(50-75(77)99-79(101)45-67(115-99)43-69-47-87-89(113-69)55-91(117-87)95-93(85(57-107)109-5)71-51-81(103)83(105)53-73(71)97(95)111)102(65-39-31-61(32-40-65)25-21-17-13-9-3,66-41-33-62(34-42-66)26-22-18-14-10-4)80-46-68(116-100(76)80)44-70-48-88-90(114-70)56-92(118-88)96-94(86(58-108)110-6)72-52-82(104)84(106)54-74(72)98(96)112/h27-56H,7-26H2,1-4H3/b69-43+,70-44+,93-85+,94-86?,95-91+,96-92+. The number of nitrogens with zero attached hydrogens (tertiary/aromatic N) is 4. The lowest BCUT2D eigenvalue weighted by Gasteiger charge is -2.35. The lowest BCUT2D eigenvalue weighted by atomic mass is 9.65. The van der Waals surface area contributed by atoms with E-state index in [4.69, 9.17) is 13.1 Å². The first-order chi connectivity index (χ1) is 57.6. The maximum atomic E-state index is 15.0. The Kier molecular flexibility index (Phi) is 22.7. The van der Waals surface area contributed by atoms with E-state index in [1.165, 1.54) is 162 Å². The molecule has 0 atom stereocenters. The summed E-state index contributed by atoms with van der Waals surface area (Å²) in [6, 6.07) is 63.6. The Morgan fingerprint density at radius 3 is 0.958 bits per heavy atom. The largest absolute Gasteiger partial charge is 0.289 e. The van der Waals surface area contributed by atoms with Crippen molar-refractivity contribution in [1.82, 2.24) is 0 Å². The van der Waals surface area contributed by atoms with Gasteiger partial charge >= 0.3 is 0 Å². The Morgan fingerprint density at radius 2 is 0.669 bits per heavy atom. The molecule has 0 bridgehead atoms. The van der Waals surface area contributed by atoms with Crippen LogP contribution in [0.25, 0.3) is 83.8 Å². The highest BCUT2D eigenvalue weighted by Gasteiger charge is 2.53. The quantitative estimate of drug-likeness (QED) is 0.0234. The summed E-state index contributed by atoms with van der Waals surface area (Å²) in [6.07, 6.45) is 27.0. The van der Waals surface area contributed by atoms with Crippen molar-refractivity contribution >= 4 is 133 Å². The fourth-order valence-corrected chi connectivity index (χ4v) is 25.7. The van der Waals surface area contributed by atoms with Crippen molar-refractivity contribution in [1.29, 1.82) is 10.5 Å². The van der Waals surface area contributed by atoms with Crippen LogP contribution >= 0.6 is 68.0 Å². The zero-order chi connectivity index (χ0) is 81.7. The topological polar surface area (TPSA) is 90.4 Å². The van der Waals surface area contributed by atoms with E-state index in [1.807, 2.05) is 24.3 Å². The Morgan fingerprint density at radius 1 is 0.364 bits per heavy atom. The summed E-state index contributed by atoms with van der Waals surface area (Å²) < 4.78 is 66.2. The number of aryl methyl sites for hydroxylation is 4. The molecular weight excluding hydrogens is 1580 g/mol. The van der Waals surface area contributed by atoms with Crippen molar-refractivity contribution in [2.24, 2.45) is 0 Å². The number of halogens is 4. The van der Waals surface area contributed by atoms with Crippen LogP contribution in [0.5, 0.6) is 0 Å². The van der Waals surface area contributed by atoms with Crippen LogP contribution in [0.4, 0.5) is 17.6 Å². The van der Waals surface area contributed by atoms with Crippen molar-refractivity contribution < 1.29 is 27.2 Å². The minimum Gasteiger partial charge on any atom is -0.289 e. The van der Waals surface area contributed by atoms with E-state index < -0.39 is 45.7 Å².